The standard InChI is InChI=1S/C26H37NO5/c1-19(28)18-27-26(32)12-8-3-2-7-11-22-23(25(31)17-24(22)30)16-15-21(29)14-13-20-9-5-4-6-10-20/h2,4-7,9-10,15-16,21-25,29-31H,3,8,11-14,17-18H2,1H3,(H,27,32)/b7-2-,16-15+/t21-,22+,23+,24-,25+/m0/s1. The van der Waals surface area contributed by atoms with Crippen molar-refractivity contribution in [3.8, 4) is 0 Å². The number of carbonyl (C=O) groups excluding carboxylic acids is 2. The zero-order valence-electron chi connectivity index (χ0n) is 18.9. The van der Waals surface area contributed by atoms with E-state index in [1.54, 1.807) is 6.08 Å². The number of rotatable bonds is 13. The summed E-state index contributed by atoms with van der Waals surface area (Å²) in [6.45, 7) is 1.51. The Morgan fingerprint density at radius 1 is 1.16 bits per heavy atom. The number of benzene rings is 1. The average molecular weight is 444 g/mol. The summed E-state index contributed by atoms with van der Waals surface area (Å²) in [7, 11) is 0. The Morgan fingerprint density at radius 3 is 2.62 bits per heavy atom. The van der Waals surface area contributed by atoms with E-state index in [2.05, 4.69) is 5.32 Å². The first-order chi connectivity index (χ1) is 15.4. The van der Waals surface area contributed by atoms with Gasteiger partial charge in [0.05, 0.1) is 24.9 Å². The lowest BCUT2D eigenvalue weighted by atomic mass is 9.89. The highest BCUT2D eigenvalue weighted by Crippen LogP contribution is 2.36. The Bertz CT molecular complexity index is 761. The third-order valence-corrected chi connectivity index (χ3v) is 5.93. The van der Waals surface area contributed by atoms with Gasteiger partial charge in [-0.05, 0) is 50.5 Å². The molecule has 0 saturated heterocycles. The lowest BCUT2D eigenvalue weighted by Crippen LogP contribution is -2.27. The molecule has 1 aliphatic rings. The van der Waals surface area contributed by atoms with E-state index in [1.807, 2.05) is 48.6 Å². The predicted octanol–water partition coefficient (Wildman–Crippen LogP) is 2.72. The molecule has 1 aromatic carbocycles. The van der Waals surface area contributed by atoms with Crippen LogP contribution in [0.5, 0.6) is 0 Å². The normalized spacial score (nSPS) is 24.2. The van der Waals surface area contributed by atoms with Crippen LogP contribution in [-0.2, 0) is 16.0 Å². The minimum atomic E-state index is -0.619. The fraction of sp³-hybridized carbons (Fsp3) is 0.538. The van der Waals surface area contributed by atoms with Gasteiger partial charge in [-0.15, -0.1) is 0 Å². The molecule has 0 radical (unpaired) electrons. The van der Waals surface area contributed by atoms with Crippen molar-refractivity contribution in [2.24, 2.45) is 11.8 Å². The zero-order valence-corrected chi connectivity index (χ0v) is 18.9. The number of nitrogens with one attached hydrogen (secondary N) is 1. The maximum absolute atomic E-state index is 11.6. The van der Waals surface area contributed by atoms with Crippen molar-refractivity contribution in [1.82, 2.24) is 5.32 Å². The number of carbonyl (C=O) groups is 2. The van der Waals surface area contributed by atoms with E-state index in [1.165, 1.54) is 12.5 Å². The van der Waals surface area contributed by atoms with Crippen LogP contribution in [0.1, 0.15) is 51.0 Å². The molecule has 1 saturated carbocycles. The lowest BCUT2D eigenvalue weighted by Gasteiger charge is -2.19. The Hall–Kier alpha value is -2.28. The third kappa shape index (κ3) is 9.47. The number of aryl methyl sites for hydroxylation is 1. The molecule has 0 heterocycles. The van der Waals surface area contributed by atoms with Gasteiger partial charge in [-0.2, -0.15) is 0 Å². The lowest BCUT2D eigenvalue weighted by molar-refractivity contribution is -0.124. The quantitative estimate of drug-likeness (QED) is 0.277. The van der Waals surface area contributed by atoms with Gasteiger partial charge in [-0.25, -0.2) is 0 Å². The second kappa shape index (κ2) is 14.0. The second-order valence-corrected chi connectivity index (χ2v) is 8.67. The number of unbranched alkanes of at least 4 members (excludes halogenated alkanes) is 1. The molecule has 0 bridgehead atoms. The van der Waals surface area contributed by atoms with Gasteiger partial charge >= 0.3 is 0 Å². The molecule has 5 atom stereocenters. The number of aliphatic hydroxyl groups is 3. The molecule has 0 unspecified atom stereocenters. The summed E-state index contributed by atoms with van der Waals surface area (Å²) in [6, 6.07) is 10.0. The predicted molar refractivity (Wildman–Crippen MR) is 125 cm³/mol. The second-order valence-electron chi connectivity index (χ2n) is 8.67. The third-order valence-electron chi connectivity index (χ3n) is 5.93. The molecule has 4 N–H and O–H groups in total. The number of Topliss-reactive ketones (excluding diaryl/α,β-unsaturated/α-hetero) is 1. The summed E-state index contributed by atoms with van der Waals surface area (Å²) in [5.74, 6) is -0.488. The first kappa shape index (κ1) is 26.0. The van der Waals surface area contributed by atoms with Crippen molar-refractivity contribution in [1.29, 1.82) is 0 Å². The first-order valence-corrected chi connectivity index (χ1v) is 11.5. The van der Waals surface area contributed by atoms with Crippen LogP contribution in [0.15, 0.2) is 54.6 Å². The highest BCUT2D eigenvalue weighted by Gasteiger charge is 2.39. The van der Waals surface area contributed by atoms with Crippen LogP contribution in [0.3, 0.4) is 0 Å². The molecule has 6 nitrogen and oxygen atoms in total. The van der Waals surface area contributed by atoms with Crippen LogP contribution in [0.2, 0.25) is 0 Å². The molecule has 6 heteroatoms. The van der Waals surface area contributed by atoms with Crippen molar-refractivity contribution in [2.45, 2.75) is 70.2 Å². The van der Waals surface area contributed by atoms with Gasteiger partial charge in [0.25, 0.3) is 0 Å². The molecule has 0 aliphatic heterocycles. The fourth-order valence-corrected chi connectivity index (χ4v) is 4.08. The molecule has 1 aliphatic carbocycles. The maximum atomic E-state index is 11.6. The van der Waals surface area contributed by atoms with E-state index in [-0.39, 0.29) is 30.1 Å². The van der Waals surface area contributed by atoms with Crippen molar-refractivity contribution in [2.75, 3.05) is 6.54 Å². The molecular formula is C26H37NO5. The molecule has 2 rings (SSSR count). The molecule has 1 aromatic rings. The number of amides is 1. The van der Waals surface area contributed by atoms with Crippen LogP contribution in [-0.4, -0.2) is 51.9 Å². The van der Waals surface area contributed by atoms with E-state index in [4.69, 9.17) is 0 Å². The van der Waals surface area contributed by atoms with Crippen LogP contribution < -0.4 is 5.32 Å². The highest BCUT2D eigenvalue weighted by atomic mass is 16.3. The molecule has 32 heavy (non-hydrogen) atoms. The van der Waals surface area contributed by atoms with Crippen LogP contribution in [0.4, 0.5) is 0 Å². The number of aliphatic hydroxyl groups excluding tert-OH is 3. The number of ketones is 1. The van der Waals surface area contributed by atoms with Crippen LogP contribution >= 0.6 is 0 Å². The minimum absolute atomic E-state index is 0.0668. The van der Waals surface area contributed by atoms with Crippen molar-refractivity contribution < 1.29 is 24.9 Å². The van der Waals surface area contributed by atoms with Gasteiger partial charge in [0.1, 0.15) is 5.78 Å². The van der Waals surface area contributed by atoms with Crippen molar-refractivity contribution >= 4 is 11.7 Å². The zero-order chi connectivity index (χ0) is 23.3. The van der Waals surface area contributed by atoms with Gasteiger partial charge in [-0.1, -0.05) is 54.6 Å². The van der Waals surface area contributed by atoms with E-state index in [0.717, 1.165) is 12.8 Å². The van der Waals surface area contributed by atoms with Crippen LogP contribution in [0.25, 0.3) is 0 Å². The number of hydrogen-bond acceptors (Lipinski definition) is 5. The fourth-order valence-electron chi connectivity index (χ4n) is 4.08. The summed E-state index contributed by atoms with van der Waals surface area (Å²) < 4.78 is 0. The Morgan fingerprint density at radius 2 is 1.91 bits per heavy atom. The van der Waals surface area contributed by atoms with E-state index in [0.29, 0.717) is 32.1 Å². The molecule has 176 valence electrons. The maximum Gasteiger partial charge on any atom is 0.220 e. The number of hydrogen-bond donors (Lipinski definition) is 4. The largest absolute Gasteiger partial charge is 0.393 e. The summed E-state index contributed by atoms with van der Waals surface area (Å²) in [6.07, 6.45) is 9.93. The van der Waals surface area contributed by atoms with Gasteiger partial charge in [0, 0.05) is 18.8 Å². The summed E-state index contributed by atoms with van der Waals surface area (Å²) in [4.78, 5) is 22.4. The monoisotopic (exact) mass is 443 g/mol. The summed E-state index contributed by atoms with van der Waals surface area (Å²) >= 11 is 0. The minimum Gasteiger partial charge on any atom is -0.393 e. The topological polar surface area (TPSA) is 107 Å². The van der Waals surface area contributed by atoms with Crippen molar-refractivity contribution in [3.05, 3.63) is 60.2 Å². The molecule has 0 spiro atoms. The van der Waals surface area contributed by atoms with E-state index in [9.17, 15) is 24.9 Å². The Labute approximate surface area is 191 Å². The van der Waals surface area contributed by atoms with Gasteiger partial charge in [-0.3, -0.25) is 9.59 Å². The average Bonchev–Trinajstić information content (AvgIpc) is 3.04. The highest BCUT2D eigenvalue weighted by molar-refractivity contribution is 5.84. The van der Waals surface area contributed by atoms with E-state index < -0.39 is 18.3 Å². The SMILES string of the molecule is CC(=O)CNC(=O)CCC/C=C\C[C@@H]1[C@@H](/C=C/[C@@H](O)CCc2ccccc2)[C@H](O)C[C@@H]1O. The number of allylic oxidation sites excluding steroid dienone is 2. The molecule has 1 fully saturated rings. The summed E-state index contributed by atoms with van der Waals surface area (Å²) in [5.41, 5.74) is 1.18. The Balaban J connectivity index is 1.74. The molecule has 0 aromatic heterocycles. The van der Waals surface area contributed by atoms with Gasteiger partial charge < -0.3 is 20.6 Å². The smallest absolute Gasteiger partial charge is 0.220 e. The molecular weight excluding hydrogens is 406 g/mol. The van der Waals surface area contributed by atoms with Gasteiger partial charge in [0.15, 0.2) is 0 Å². The van der Waals surface area contributed by atoms with Crippen LogP contribution in [0, 0.1) is 11.8 Å². The van der Waals surface area contributed by atoms with Crippen molar-refractivity contribution in [3.63, 3.8) is 0 Å². The van der Waals surface area contributed by atoms with E-state index >= 15 is 0 Å². The summed E-state index contributed by atoms with van der Waals surface area (Å²) in [5, 5.41) is 33.6. The van der Waals surface area contributed by atoms with Gasteiger partial charge in [0.2, 0.25) is 5.91 Å². The first-order valence-electron chi connectivity index (χ1n) is 11.5. The Kier molecular flexibility index (Phi) is 11.4. The molecule has 1 amide bonds.